The largest absolute Gasteiger partial charge is 0.354 e. The molecule has 32 heavy (non-hydrogen) atoms. The van der Waals surface area contributed by atoms with Crippen LogP contribution in [0.15, 0.2) is 42.6 Å². The standard InChI is InChI=1S/C20H24Cl2N6O3S/c21-14-4-5-15(16(22)11-14)20(29)26-32(30,31)19-13-24-18(12-25-19)28-9-7-27(8-10-28)17-3-1-2-6-23-17/h1-6,11,18-19,24-25H,7-10,12-13H2,(H,26,29). The third kappa shape index (κ3) is 5.33. The first-order valence-corrected chi connectivity index (χ1v) is 12.5. The highest BCUT2D eigenvalue weighted by atomic mass is 35.5. The lowest BCUT2D eigenvalue weighted by Gasteiger charge is -2.42. The second-order valence-corrected chi connectivity index (χ2v) is 10.3. The van der Waals surface area contributed by atoms with Gasteiger partial charge >= 0.3 is 0 Å². The Bertz CT molecular complexity index is 1060. The van der Waals surface area contributed by atoms with Crippen LogP contribution in [0.1, 0.15) is 10.4 Å². The summed E-state index contributed by atoms with van der Waals surface area (Å²) in [4.78, 5) is 21.3. The van der Waals surface area contributed by atoms with Crippen molar-refractivity contribution in [1.29, 1.82) is 0 Å². The minimum absolute atomic E-state index is 0.00810. The summed E-state index contributed by atoms with van der Waals surface area (Å²) in [5, 5.41) is 5.84. The summed E-state index contributed by atoms with van der Waals surface area (Å²) in [6, 6.07) is 10.1. The van der Waals surface area contributed by atoms with Gasteiger partial charge in [0.2, 0.25) is 0 Å². The lowest BCUT2D eigenvalue weighted by Crippen LogP contribution is -2.66. The van der Waals surface area contributed by atoms with Crippen LogP contribution in [0, 0.1) is 0 Å². The Labute approximate surface area is 197 Å². The van der Waals surface area contributed by atoms with Crippen molar-refractivity contribution in [2.45, 2.75) is 11.5 Å². The molecule has 0 saturated carbocycles. The summed E-state index contributed by atoms with van der Waals surface area (Å²) in [7, 11) is -3.96. The van der Waals surface area contributed by atoms with Gasteiger partial charge in [-0.1, -0.05) is 29.3 Å². The predicted molar refractivity (Wildman–Crippen MR) is 124 cm³/mol. The van der Waals surface area contributed by atoms with E-state index in [1.807, 2.05) is 18.2 Å². The number of halogens is 2. The number of carbonyl (C=O) groups is 1. The number of aromatic nitrogens is 1. The molecular formula is C20H24Cl2N6O3S. The number of anilines is 1. The monoisotopic (exact) mass is 498 g/mol. The zero-order valence-corrected chi connectivity index (χ0v) is 19.5. The van der Waals surface area contributed by atoms with Gasteiger partial charge in [0.25, 0.3) is 15.9 Å². The smallest absolute Gasteiger partial charge is 0.266 e. The van der Waals surface area contributed by atoms with Gasteiger partial charge in [0.15, 0.2) is 0 Å². The lowest BCUT2D eigenvalue weighted by atomic mass is 10.2. The molecule has 4 rings (SSSR count). The van der Waals surface area contributed by atoms with Crippen molar-refractivity contribution in [3.05, 3.63) is 58.2 Å². The van der Waals surface area contributed by atoms with Gasteiger partial charge < -0.3 is 4.90 Å². The maximum atomic E-state index is 12.7. The first-order chi connectivity index (χ1) is 15.3. The van der Waals surface area contributed by atoms with Gasteiger partial charge in [-0.05, 0) is 30.3 Å². The number of nitrogens with zero attached hydrogens (tertiary/aromatic N) is 3. The molecule has 2 aliphatic heterocycles. The van der Waals surface area contributed by atoms with E-state index in [0.717, 1.165) is 32.0 Å². The normalized spacial score (nSPS) is 22.5. The number of hydrogen-bond acceptors (Lipinski definition) is 8. The fourth-order valence-corrected chi connectivity index (χ4v) is 5.48. The van der Waals surface area contributed by atoms with Crippen molar-refractivity contribution < 1.29 is 13.2 Å². The third-order valence-corrected chi connectivity index (χ3v) is 7.69. The first-order valence-electron chi connectivity index (χ1n) is 10.2. The number of carbonyl (C=O) groups excluding carboxylic acids is 1. The molecule has 1 amide bonds. The number of nitrogens with one attached hydrogen (secondary N) is 3. The molecule has 9 nitrogen and oxygen atoms in total. The lowest BCUT2D eigenvalue weighted by molar-refractivity contribution is 0.0980. The van der Waals surface area contributed by atoms with Crippen molar-refractivity contribution in [2.24, 2.45) is 0 Å². The number of amides is 1. The number of benzene rings is 1. The Morgan fingerprint density at radius 3 is 2.47 bits per heavy atom. The molecule has 172 valence electrons. The number of rotatable bonds is 5. The van der Waals surface area contributed by atoms with E-state index in [4.69, 9.17) is 23.2 Å². The van der Waals surface area contributed by atoms with Crippen LogP contribution >= 0.6 is 23.2 Å². The van der Waals surface area contributed by atoms with Gasteiger partial charge in [-0.25, -0.2) is 18.1 Å². The first kappa shape index (κ1) is 23.2. The summed E-state index contributed by atoms with van der Waals surface area (Å²) >= 11 is 11.8. The molecule has 0 bridgehead atoms. The second kappa shape index (κ2) is 9.90. The summed E-state index contributed by atoms with van der Waals surface area (Å²) in [5.74, 6) is 0.172. The van der Waals surface area contributed by atoms with E-state index >= 15 is 0 Å². The summed E-state index contributed by atoms with van der Waals surface area (Å²) < 4.78 is 27.5. The SMILES string of the molecule is O=C(NS(=O)(=O)C1CNC(N2CCN(c3ccccn3)CC2)CN1)c1ccc(Cl)cc1Cl. The van der Waals surface area contributed by atoms with Crippen LogP contribution in [0.25, 0.3) is 0 Å². The predicted octanol–water partition coefficient (Wildman–Crippen LogP) is 1.12. The molecule has 2 saturated heterocycles. The van der Waals surface area contributed by atoms with Crippen molar-refractivity contribution >= 4 is 45.0 Å². The van der Waals surface area contributed by atoms with E-state index in [1.165, 1.54) is 18.2 Å². The molecule has 2 aliphatic rings. The van der Waals surface area contributed by atoms with Crippen LogP contribution in [-0.2, 0) is 10.0 Å². The molecule has 2 aromatic rings. The molecule has 2 unspecified atom stereocenters. The average Bonchev–Trinajstić information content (AvgIpc) is 2.79. The Hall–Kier alpha value is -1.95. The minimum Gasteiger partial charge on any atom is -0.354 e. The Morgan fingerprint density at radius 2 is 1.84 bits per heavy atom. The quantitative estimate of drug-likeness (QED) is 0.562. The molecule has 3 heterocycles. The average molecular weight is 499 g/mol. The number of sulfonamides is 1. The maximum absolute atomic E-state index is 12.7. The molecule has 2 atom stereocenters. The molecular weight excluding hydrogens is 475 g/mol. The van der Waals surface area contributed by atoms with Crippen molar-refractivity contribution in [3.8, 4) is 0 Å². The van der Waals surface area contributed by atoms with E-state index in [2.05, 4.69) is 30.1 Å². The van der Waals surface area contributed by atoms with Crippen molar-refractivity contribution in [2.75, 3.05) is 44.2 Å². The van der Waals surface area contributed by atoms with Gasteiger partial charge in [-0.3, -0.25) is 20.3 Å². The summed E-state index contributed by atoms with van der Waals surface area (Å²) in [6.45, 7) is 3.95. The molecule has 0 radical (unpaired) electrons. The fourth-order valence-electron chi connectivity index (χ4n) is 3.84. The van der Waals surface area contributed by atoms with Crippen LogP contribution < -0.4 is 20.3 Å². The van der Waals surface area contributed by atoms with E-state index in [0.29, 0.717) is 11.6 Å². The van der Waals surface area contributed by atoms with Crippen molar-refractivity contribution in [1.82, 2.24) is 25.2 Å². The molecule has 1 aromatic heterocycles. The Kier molecular flexibility index (Phi) is 7.18. The van der Waals surface area contributed by atoms with Gasteiger partial charge in [-0.15, -0.1) is 0 Å². The molecule has 0 aliphatic carbocycles. The fraction of sp³-hybridized carbons (Fsp3) is 0.400. The van der Waals surface area contributed by atoms with Crippen LogP contribution in [-0.4, -0.2) is 75.0 Å². The van der Waals surface area contributed by atoms with Crippen molar-refractivity contribution in [3.63, 3.8) is 0 Å². The van der Waals surface area contributed by atoms with Gasteiger partial charge in [0.1, 0.15) is 11.2 Å². The van der Waals surface area contributed by atoms with Crippen LogP contribution in [0.5, 0.6) is 0 Å². The number of pyridine rings is 1. The number of piperazine rings is 2. The van der Waals surface area contributed by atoms with E-state index in [1.54, 1.807) is 6.20 Å². The highest BCUT2D eigenvalue weighted by Gasteiger charge is 2.34. The highest BCUT2D eigenvalue weighted by molar-refractivity contribution is 7.90. The molecule has 2 fully saturated rings. The maximum Gasteiger partial charge on any atom is 0.266 e. The Morgan fingerprint density at radius 1 is 1.06 bits per heavy atom. The van der Waals surface area contributed by atoms with Crippen LogP contribution in [0.4, 0.5) is 5.82 Å². The molecule has 12 heteroatoms. The van der Waals surface area contributed by atoms with Gasteiger partial charge in [0.05, 0.1) is 16.8 Å². The minimum atomic E-state index is -3.96. The van der Waals surface area contributed by atoms with E-state index in [9.17, 15) is 13.2 Å². The third-order valence-electron chi connectivity index (χ3n) is 5.59. The molecule has 3 N–H and O–H groups in total. The van der Waals surface area contributed by atoms with Crippen LogP contribution in [0.3, 0.4) is 0 Å². The van der Waals surface area contributed by atoms with Gasteiger partial charge in [0, 0.05) is 50.5 Å². The summed E-state index contributed by atoms with van der Waals surface area (Å²) in [5.41, 5.74) is 0.0482. The molecule has 0 spiro atoms. The molecule has 1 aromatic carbocycles. The number of hydrogen-bond donors (Lipinski definition) is 3. The second-order valence-electron chi connectivity index (χ2n) is 7.63. The van der Waals surface area contributed by atoms with Gasteiger partial charge in [-0.2, -0.15) is 0 Å². The Balaban J connectivity index is 1.29. The topological polar surface area (TPSA) is 107 Å². The zero-order chi connectivity index (χ0) is 22.7. The highest BCUT2D eigenvalue weighted by Crippen LogP contribution is 2.21. The van der Waals surface area contributed by atoms with Crippen LogP contribution in [0.2, 0.25) is 10.0 Å². The summed E-state index contributed by atoms with van der Waals surface area (Å²) in [6.07, 6.45) is 1.79. The zero-order valence-electron chi connectivity index (χ0n) is 17.2. The van der Waals surface area contributed by atoms with E-state index in [-0.39, 0.29) is 23.3 Å². The van der Waals surface area contributed by atoms with E-state index < -0.39 is 21.3 Å².